The van der Waals surface area contributed by atoms with Gasteiger partial charge < -0.3 is 0 Å². The highest BCUT2D eigenvalue weighted by Gasteiger charge is 2.19. The maximum absolute atomic E-state index is 5.07. The van der Waals surface area contributed by atoms with Crippen molar-refractivity contribution in [1.29, 1.82) is 0 Å². The van der Waals surface area contributed by atoms with E-state index in [1.54, 1.807) is 0 Å². The number of benzene rings is 6. The highest BCUT2D eigenvalue weighted by Crippen LogP contribution is 2.38. The quantitative estimate of drug-likeness (QED) is 0.245. The summed E-state index contributed by atoms with van der Waals surface area (Å²) in [5, 5.41) is 7.21. The largest absolute Gasteiger partial charge is 0.278 e. The number of hydrogen-bond acceptors (Lipinski definition) is 3. The van der Waals surface area contributed by atoms with Crippen molar-refractivity contribution in [3.05, 3.63) is 133 Å². The minimum Gasteiger partial charge on any atom is -0.278 e. The van der Waals surface area contributed by atoms with Gasteiger partial charge in [0.25, 0.3) is 0 Å². The van der Waals surface area contributed by atoms with Crippen LogP contribution in [-0.4, -0.2) is 19.5 Å². The predicted octanol–water partition coefficient (Wildman–Crippen LogP) is 8.61. The summed E-state index contributed by atoms with van der Waals surface area (Å²) >= 11 is 0. The van der Waals surface area contributed by atoms with Gasteiger partial charge in [0.05, 0.1) is 11.0 Å². The van der Waals surface area contributed by atoms with Crippen LogP contribution in [0, 0.1) is 0 Å². The lowest BCUT2D eigenvalue weighted by Gasteiger charge is -2.11. The Balaban J connectivity index is 1.53. The molecule has 2 heterocycles. The molecule has 0 amide bonds. The minimum atomic E-state index is 0.605. The molecule has 39 heavy (non-hydrogen) atoms. The Labute approximate surface area is 224 Å². The van der Waals surface area contributed by atoms with Crippen LogP contribution in [0.3, 0.4) is 0 Å². The molecular formula is C35H22N4. The van der Waals surface area contributed by atoms with Crippen LogP contribution < -0.4 is 0 Å². The molecule has 0 bridgehead atoms. The molecule has 182 valence electrons. The van der Waals surface area contributed by atoms with E-state index in [0.29, 0.717) is 17.6 Å². The zero-order valence-electron chi connectivity index (χ0n) is 21.0. The molecule has 2 aromatic heterocycles. The summed E-state index contributed by atoms with van der Waals surface area (Å²) in [7, 11) is 0. The smallest absolute Gasteiger partial charge is 0.238 e. The average molecular weight is 499 g/mol. The number of fused-ring (bicyclic) bond motifs is 6. The van der Waals surface area contributed by atoms with Gasteiger partial charge in [0.1, 0.15) is 0 Å². The van der Waals surface area contributed by atoms with Crippen LogP contribution in [-0.2, 0) is 0 Å². The fourth-order valence-electron chi connectivity index (χ4n) is 5.59. The average Bonchev–Trinajstić information content (AvgIpc) is 3.34. The van der Waals surface area contributed by atoms with Crippen molar-refractivity contribution < 1.29 is 0 Å². The van der Waals surface area contributed by atoms with Crippen molar-refractivity contribution in [2.75, 3.05) is 0 Å². The topological polar surface area (TPSA) is 43.6 Å². The molecule has 0 aliphatic rings. The molecule has 0 atom stereocenters. The van der Waals surface area contributed by atoms with Gasteiger partial charge in [0, 0.05) is 21.9 Å². The Hall–Kier alpha value is -5.35. The molecule has 0 fully saturated rings. The summed E-state index contributed by atoms with van der Waals surface area (Å²) in [6.45, 7) is 0. The predicted molar refractivity (Wildman–Crippen MR) is 160 cm³/mol. The van der Waals surface area contributed by atoms with Crippen molar-refractivity contribution in [2.24, 2.45) is 0 Å². The Kier molecular flexibility index (Phi) is 4.79. The molecule has 0 unspecified atom stereocenters. The third-order valence-corrected chi connectivity index (χ3v) is 7.41. The summed E-state index contributed by atoms with van der Waals surface area (Å²) in [6.07, 6.45) is 0. The first-order valence-corrected chi connectivity index (χ1v) is 13.1. The molecule has 0 N–H and O–H groups in total. The van der Waals surface area contributed by atoms with E-state index < -0.39 is 0 Å². The SMILES string of the molecule is c1ccc(-c2nc(-c3ccccc3)nc(-n3c4cc5ccccc5cc4c4c5ccccc5ccc43)n2)cc1. The van der Waals surface area contributed by atoms with Crippen molar-refractivity contribution in [1.82, 2.24) is 19.5 Å². The molecule has 4 nitrogen and oxygen atoms in total. The van der Waals surface area contributed by atoms with Gasteiger partial charge >= 0.3 is 0 Å². The molecule has 0 saturated heterocycles. The van der Waals surface area contributed by atoms with E-state index in [2.05, 4.69) is 77.4 Å². The van der Waals surface area contributed by atoms with Gasteiger partial charge in [-0.15, -0.1) is 0 Å². The highest BCUT2D eigenvalue weighted by atomic mass is 15.2. The molecule has 0 aliphatic heterocycles. The third-order valence-electron chi connectivity index (χ3n) is 7.41. The molecule has 8 aromatic rings. The first kappa shape index (κ1) is 21.7. The van der Waals surface area contributed by atoms with Gasteiger partial charge in [-0.1, -0.05) is 115 Å². The molecule has 0 saturated carbocycles. The van der Waals surface area contributed by atoms with Gasteiger partial charge in [0.15, 0.2) is 11.6 Å². The Bertz CT molecular complexity index is 2110. The minimum absolute atomic E-state index is 0.605. The molecule has 0 spiro atoms. The maximum atomic E-state index is 5.07. The second-order valence-electron chi connectivity index (χ2n) is 9.75. The zero-order chi connectivity index (χ0) is 25.8. The van der Waals surface area contributed by atoms with Crippen molar-refractivity contribution in [2.45, 2.75) is 0 Å². The fourth-order valence-corrected chi connectivity index (χ4v) is 5.59. The summed E-state index contributed by atoms with van der Waals surface area (Å²) in [4.78, 5) is 15.1. The molecule has 8 rings (SSSR count). The monoisotopic (exact) mass is 498 g/mol. The van der Waals surface area contributed by atoms with Gasteiger partial charge in [-0.2, -0.15) is 9.97 Å². The van der Waals surface area contributed by atoms with Gasteiger partial charge in [-0.3, -0.25) is 4.57 Å². The third kappa shape index (κ3) is 3.50. The number of hydrogen-bond donors (Lipinski definition) is 0. The van der Waals surface area contributed by atoms with Crippen molar-refractivity contribution in [3.63, 3.8) is 0 Å². The lowest BCUT2D eigenvalue weighted by atomic mass is 10.0. The van der Waals surface area contributed by atoms with E-state index in [-0.39, 0.29) is 0 Å². The second kappa shape index (κ2) is 8.61. The van der Waals surface area contributed by atoms with Crippen LogP contribution in [0.15, 0.2) is 133 Å². The van der Waals surface area contributed by atoms with Gasteiger partial charge in [0.2, 0.25) is 5.95 Å². The van der Waals surface area contributed by atoms with Crippen molar-refractivity contribution >= 4 is 43.4 Å². The van der Waals surface area contributed by atoms with Crippen LogP contribution in [0.4, 0.5) is 0 Å². The van der Waals surface area contributed by atoms with E-state index in [1.165, 1.54) is 32.3 Å². The first-order chi connectivity index (χ1) is 19.3. The maximum Gasteiger partial charge on any atom is 0.238 e. The Morgan fingerprint density at radius 3 is 1.64 bits per heavy atom. The van der Waals surface area contributed by atoms with E-state index in [0.717, 1.165) is 22.2 Å². The zero-order valence-corrected chi connectivity index (χ0v) is 21.0. The Morgan fingerprint density at radius 1 is 0.410 bits per heavy atom. The lowest BCUT2D eigenvalue weighted by molar-refractivity contribution is 0.954. The summed E-state index contributed by atoms with van der Waals surface area (Å²) in [5.41, 5.74) is 4.05. The number of aromatic nitrogens is 4. The summed E-state index contributed by atoms with van der Waals surface area (Å²) in [6, 6.07) is 46.3. The van der Waals surface area contributed by atoms with Crippen LogP contribution in [0.1, 0.15) is 0 Å². The van der Waals surface area contributed by atoms with Crippen LogP contribution in [0.2, 0.25) is 0 Å². The van der Waals surface area contributed by atoms with Gasteiger partial charge in [-0.25, -0.2) is 4.98 Å². The van der Waals surface area contributed by atoms with Crippen LogP contribution in [0.25, 0.3) is 72.1 Å². The van der Waals surface area contributed by atoms with Crippen LogP contribution >= 0.6 is 0 Å². The summed E-state index contributed by atoms with van der Waals surface area (Å²) < 4.78 is 2.20. The molecule has 0 radical (unpaired) electrons. The van der Waals surface area contributed by atoms with Crippen molar-refractivity contribution in [3.8, 4) is 28.7 Å². The second-order valence-corrected chi connectivity index (χ2v) is 9.75. The van der Waals surface area contributed by atoms with E-state index in [4.69, 9.17) is 15.0 Å². The number of rotatable bonds is 3. The fraction of sp³-hybridized carbons (Fsp3) is 0. The normalized spacial score (nSPS) is 11.6. The standard InChI is InChI=1S/C35H22N4/c1-3-12-24(13-4-1)33-36-34(25-14-5-2-6-15-25)38-35(37-33)39-30-20-19-23-11-9-10-18-28(23)32(30)29-21-26-16-7-8-17-27(26)22-31(29)39/h1-22H. The van der Waals surface area contributed by atoms with E-state index in [9.17, 15) is 0 Å². The highest BCUT2D eigenvalue weighted by molar-refractivity contribution is 6.23. The molecule has 0 aliphatic carbocycles. The van der Waals surface area contributed by atoms with Gasteiger partial charge in [-0.05, 0) is 39.7 Å². The molecule has 6 aromatic carbocycles. The first-order valence-electron chi connectivity index (χ1n) is 13.1. The Morgan fingerprint density at radius 2 is 0.974 bits per heavy atom. The van der Waals surface area contributed by atoms with E-state index in [1.807, 2.05) is 60.7 Å². The van der Waals surface area contributed by atoms with E-state index >= 15 is 0 Å². The lowest BCUT2D eigenvalue weighted by Crippen LogP contribution is -2.06. The number of nitrogens with zero attached hydrogens (tertiary/aromatic N) is 4. The molecule has 4 heteroatoms. The summed E-state index contributed by atoms with van der Waals surface area (Å²) in [5.74, 6) is 1.90. The molecular weight excluding hydrogens is 476 g/mol. The van der Waals surface area contributed by atoms with Crippen LogP contribution in [0.5, 0.6) is 0 Å².